The van der Waals surface area contributed by atoms with Gasteiger partial charge in [0.15, 0.2) is 4.90 Å². The highest BCUT2D eigenvalue weighted by molar-refractivity contribution is 7.90. The maximum absolute atomic E-state index is 12.1. The molecule has 1 rings (SSSR count). The summed E-state index contributed by atoms with van der Waals surface area (Å²) in [6.07, 6.45) is 0.990. The van der Waals surface area contributed by atoms with E-state index in [1.54, 1.807) is 13.8 Å². The van der Waals surface area contributed by atoms with Crippen molar-refractivity contribution < 1.29 is 18.1 Å². The normalized spacial score (nSPS) is 11.3. The van der Waals surface area contributed by atoms with Crippen molar-refractivity contribution in [1.82, 2.24) is 4.72 Å². The molecule has 1 amide bonds. The monoisotopic (exact) mass is 300 g/mol. The van der Waals surface area contributed by atoms with Crippen molar-refractivity contribution in [3.8, 4) is 0 Å². The number of benzene rings is 1. The lowest BCUT2D eigenvalue weighted by Gasteiger charge is -2.13. The summed E-state index contributed by atoms with van der Waals surface area (Å²) in [5.74, 6) is -1.08. The van der Waals surface area contributed by atoms with E-state index in [9.17, 15) is 23.3 Å². The van der Waals surface area contributed by atoms with Crippen LogP contribution in [0.3, 0.4) is 0 Å². The minimum absolute atomic E-state index is 0.437. The van der Waals surface area contributed by atoms with Crippen molar-refractivity contribution in [2.75, 3.05) is 0 Å². The number of nitrogens with zero attached hydrogens (tertiary/aromatic N) is 1. The Morgan fingerprint density at radius 3 is 2.35 bits per heavy atom. The summed E-state index contributed by atoms with van der Waals surface area (Å²) in [5.41, 5.74) is -0.558. The topological polar surface area (TPSA) is 106 Å². The van der Waals surface area contributed by atoms with Gasteiger partial charge in [-0.05, 0) is 18.9 Å². The summed E-state index contributed by atoms with van der Waals surface area (Å²) in [6, 6.07) is 4.90. The first-order valence-corrected chi connectivity index (χ1v) is 7.61. The summed E-state index contributed by atoms with van der Waals surface area (Å²) in [7, 11) is -4.24. The van der Waals surface area contributed by atoms with Crippen LogP contribution in [0.2, 0.25) is 0 Å². The molecule has 1 aromatic carbocycles. The first-order valence-electron chi connectivity index (χ1n) is 6.13. The average Bonchev–Trinajstić information content (AvgIpc) is 2.39. The van der Waals surface area contributed by atoms with Gasteiger partial charge in [0, 0.05) is 12.0 Å². The van der Waals surface area contributed by atoms with E-state index in [0.29, 0.717) is 12.8 Å². The maximum Gasteiger partial charge on any atom is 0.289 e. The smallest absolute Gasteiger partial charge is 0.274 e. The van der Waals surface area contributed by atoms with Gasteiger partial charge in [0.1, 0.15) is 0 Å². The number of rotatable bonds is 6. The Hall–Kier alpha value is -1.96. The van der Waals surface area contributed by atoms with Gasteiger partial charge in [0.05, 0.1) is 4.92 Å². The van der Waals surface area contributed by atoms with Crippen molar-refractivity contribution in [3.63, 3.8) is 0 Å². The van der Waals surface area contributed by atoms with Crippen LogP contribution in [-0.2, 0) is 14.8 Å². The van der Waals surface area contributed by atoms with Crippen molar-refractivity contribution in [2.45, 2.75) is 31.6 Å². The molecule has 0 bridgehead atoms. The van der Waals surface area contributed by atoms with Gasteiger partial charge in [-0.15, -0.1) is 0 Å². The second-order valence-electron chi connectivity index (χ2n) is 4.21. The second-order valence-corrected chi connectivity index (χ2v) is 5.86. The van der Waals surface area contributed by atoms with Crippen LogP contribution in [0, 0.1) is 16.0 Å². The van der Waals surface area contributed by atoms with E-state index < -0.39 is 37.4 Å². The van der Waals surface area contributed by atoms with Gasteiger partial charge >= 0.3 is 0 Å². The van der Waals surface area contributed by atoms with Gasteiger partial charge in [0.2, 0.25) is 5.91 Å². The first-order chi connectivity index (χ1) is 9.33. The predicted molar refractivity (Wildman–Crippen MR) is 72.5 cm³/mol. The van der Waals surface area contributed by atoms with Gasteiger partial charge in [0.25, 0.3) is 15.7 Å². The minimum Gasteiger partial charge on any atom is -0.274 e. The Kier molecular flexibility index (Phi) is 5.20. The number of nitrogens with one attached hydrogen (secondary N) is 1. The summed E-state index contributed by atoms with van der Waals surface area (Å²) >= 11 is 0. The quantitative estimate of drug-likeness (QED) is 0.637. The van der Waals surface area contributed by atoms with E-state index in [1.807, 2.05) is 4.72 Å². The third-order valence-electron chi connectivity index (χ3n) is 2.94. The van der Waals surface area contributed by atoms with E-state index in [2.05, 4.69) is 0 Å². The van der Waals surface area contributed by atoms with Crippen molar-refractivity contribution in [2.24, 2.45) is 5.92 Å². The molecule has 0 radical (unpaired) electrons. The van der Waals surface area contributed by atoms with Gasteiger partial charge in [-0.2, -0.15) is 0 Å². The number of hydrogen-bond acceptors (Lipinski definition) is 5. The van der Waals surface area contributed by atoms with E-state index >= 15 is 0 Å². The van der Waals surface area contributed by atoms with Crippen LogP contribution < -0.4 is 4.72 Å². The molecule has 0 fully saturated rings. The number of nitro groups is 1. The van der Waals surface area contributed by atoms with Crippen LogP contribution in [0.1, 0.15) is 26.7 Å². The number of carbonyl (C=O) groups is 1. The van der Waals surface area contributed by atoms with Crippen LogP contribution in [0.15, 0.2) is 29.2 Å². The van der Waals surface area contributed by atoms with E-state index in [1.165, 1.54) is 12.1 Å². The highest BCUT2D eigenvalue weighted by Crippen LogP contribution is 2.23. The molecule has 0 unspecified atom stereocenters. The molecule has 0 aromatic heterocycles. The molecule has 0 saturated carbocycles. The molecular weight excluding hydrogens is 284 g/mol. The Labute approximate surface area is 117 Å². The average molecular weight is 300 g/mol. The fraction of sp³-hybridized carbons (Fsp3) is 0.417. The number of nitro benzene ring substituents is 1. The van der Waals surface area contributed by atoms with Crippen LogP contribution in [0.5, 0.6) is 0 Å². The number of sulfonamides is 1. The van der Waals surface area contributed by atoms with Gasteiger partial charge in [-0.25, -0.2) is 13.1 Å². The van der Waals surface area contributed by atoms with Crippen LogP contribution >= 0.6 is 0 Å². The predicted octanol–water partition coefficient (Wildman–Crippen LogP) is 1.84. The summed E-state index contributed by atoms with van der Waals surface area (Å²) in [5, 5.41) is 10.8. The van der Waals surface area contributed by atoms with Crippen molar-refractivity contribution in [1.29, 1.82) is 0 Å². The highest BCUT2D eigenvalue weighted by Gasteiger charge is 2.28. The zero-order valence-electron chi connectivity index (χ0n) is 11.2. The lowest BCUT2D eigenvalue weighted by Crippen LogP contribution is -2.35. The molecule has 0 aliphatic rings. The molecule has 8 heteroatoms. The Morgan fingerprint density at radius 2 is 1.85 bits per heavy atom. The molecule has 1 aromatic rings. The Bertz CT molecular complexity index is 608. The minimum atomic E-state index is -4.24. The summed E-state index contributed by atoms with van der Waals surface area (Å²) in [4.78, 5) is 21.3. The van der Waals surface area contributed by atoms with E-state index in [0.717, 1.165) is 12.1 Å². The fourth-order valence-corrected chi connectivity index (χ4v) is 2.98. The third-order valence-corrected chi connectivity index (χ3v) is 4.34. The lowest BCUT2D eigenvalue weighted by atomic mass is 10.0. The molecule has 0 atom stereocenters. The molecular formula is C12H16N2O5S. The molecule has 110 valence electrons. The molecule has 0 aliphatic carbocycles. The highest BCUT2D eigenvalue weighted by atomic mass is 32.2. The number of amides is 1. The molecule has 0 heterocycles. The van der Waals surface area contributed by atoms with Crippen molar-refractivity contribution >= 4 is 21.6 Å². The summed E-state index contributed by atoms with van der Waals surface area (Å²) in [6.45, 7) is 3.54. The Balaban J connectivity index is 3.13. The fourth-order valence-electron chi connectivity index (χ4n) is 1.77. The van der Waals surface area contributed by atoms with Crippen LogP contribution in [0.4, 0.5) is 5.69 Å². The molecule has 0 aliphatic heterocycles. The molecule has 0 saturated heterocycles. The zero-order valence-corrected chi connectivity index (χ0v) is 12.0. The largest absolute Gasteiger partial charge is 0.289 e. The van der Waals surface area contributed by atoms with Crippen LogP contribution in [0.25, 0.3) is 0 Å². The first kappa shape index (κ1) is 16.1. The molecule has 0 spiro atoms. The van der Waals surface area contributed by atoms with E-state index in [4.69, 9.17) is 0 Å². The van der Waals surface area contributed by atoms with Crippen LogP contribution in [-0.4, -0.2) is 19.2 Å². The summed E-state index contributed by atoms with van der Waals surface area (Å²) < 4.78 is 26.0. The standard InChI is InChI=1S/C12H16N2O5S/c1-3-9(4-2)12(15)13-20(18,19)11-8-6-5-7-10(11)14(16)17/h5-9H,3-4H2,1-2H3,(H,13,15). The van der Waals surface area contributed by atoms with Gasteiger partial charge < -0.3 is 0 Å². The second kappa shape index (κ2) is 6.47. The SMILES string of the molecule is CCC(CC)C(=O)NS(=O)(=O)c1ccccc1[N+](=O)[O-]. The van der Waals surface area contributed by atoms with E-state index in [-0.39, 0.29) is 0 Å². The zero-order chi connectivity index (χ0) is 15.3. The van der Waals surface area contributed by atoms with Gasteiger partial charge in [-0.3, -0.25) is 14.9 Å². The lowest BCUT2D eigenvalue weighted by molar-refractivity contribution is -0.387. The third kappa shape index (κ3) is 3.53. The molecule has 1 N–H and O–H groups in total. The number of para-hydroxylation sites is 1. The number of carbonyl (C=O) groups excluding carboxylic acids is 1. The number of hydrogen-bond donors (Lipinski definition) is 1. The van der Waals surface area contributed by atoms with Crippen molar-refractivity contribution in [3.05, 3.63) is 34.4 Å². The molecule has 20 heavy (non-hydrogen) atoms. The van der Waals surface area contributed by atoms with Gasteiger partial charge in [-0.1, -0.05) is 26.0 Å². The maximum atomic E-state index is 12.1. The molecule has 7 nitrogen and oxygen atoms in total. The Morgan fingerprint density at radius 1 is 1.30 bits per heavy atom.